The Bertz CT molecular complexity index is 442. The van der Waals surface area contributed by atoms with Gasteiger partial charge in [0.2, 0.25) is 0 Å². The molecule has 4 nitrogen and oxygen atoms in total. The highest BCUT2D eigenvalue weighted by molar-refractivity contribution is 9.11. The second kappa shape index (κ2) is 6.33. The molecule has 100 valence electrons. The summed E-state index contributed by atoms with van der Waals surface area (Å²) in [6, 6.07) is 3.97. The van der Waals surface area contributed by atoms with Gasteiger partial charge in [0.05, 0.1) is 10.4 Å². The molecule has 0 saturated carbocycles. The summed E-state index contributed by atoms with van der Waals surface area (Å²) in [5, 5.41) is 2.59. The molecule has 0 aromatic carbocycles. The summed E-state index contributed by atoms with van der Waals surface area (Å²) < 4.78 is 5.67. The predicted octanol–water partition coefficient (Wildman–Crippen LogP) is 2.47. The summed E-state index contributed by atoms with van der Waals surface area (Å²) in [5.74, 6) is -1.53. The van der Waals surface area contributed by atoms with E-state index in [1.54, 1.807) is 18.3 Å². The first-order valence-electron chi connectivity index (χ1n) is 5.57. The third-order valence-corrected chi connectivity index (χ3v) is 4.38. The van der Waals surface area contributed by atoms with Crippen LogP contribution in [0.15, 0.2) is 15.9 Å². The van der Waals surface area contributed by atoms with Crippen molar-refractivity contribution in [1.29, 1.82) is 0 Å². The van der Waals surface area contributed by atoms with E-state index in [4.69, 9.17) is 0 Å². The second-order valence-corrected chi connectivity index (χ2v) is 6.85. The van der Waals surface area contributed by atoms with Gasteiger partial charge in [-0.25, -0.2) is 4.79 Å². The minimum atomic E-state index is -0.833. The maximum absolute atomic E-state index is 11.4. The summed E-state index contributed by atoms with van der Waals surface area (Å²) in [5.41, 5.74) is -0.223. The Morgan fingerprint density at radius 1 is 1.44 bits per heavy atom. The van der Waals surface area contributed by atoms with Crippen LogP contribution in [0, 0.1) is 0 Å². The van der Waals surface area contributed by atoms with Crippen molar-refractivity contribution in [2.75, 3.05) is 13.2 Å². The molecule has 0 bridgehead atoms. The van der Waals surface area contributed by atoms with Crippen LogP contribution in [-0.4, -0.2) is 25.0 Å². The third kappa shape index (κ3) is 4.10. The van der Waals surface area contributed by atoms with Crippen LogP contribution in [-0.2, 0) is 19.7 Å². The fraction of sp³-hybridized carbons (Fsp3) is 0.500. The van der Waals surface area contributed by atoms with E-state index in [0.717, 1.165) is 8.66 Å². The van der Waals surface area contributed by atoms with Crippen molar-refractivity contribution in [3.05, 3.63) is 20.8 Å². The number of thiophene rings is 1. The van der Waals surface area contributed by atoms with Crippen LogP contribution in [0.2, 0.25) is 0 Å². The molecule has 1 aromatic heterocycles. The second-order valence-electron chi connectivity index (χ2n) is 4.39. The smallest absolute Gasteiger partial charge is 0.396 e. The van der Waals surface area contributed by atoms with Gasteiger partial charge in [0.15, 0.2) is 0 Å². The zero-order valence-corrected chi connectivity index (χ0v) is 13.0. The highest BCUT2D eigenvalue weighted by Gasteiger charge is 2.25. The van der Waals surface area contributed by atoms with E-state index in [0.29, 0.717) is 6.54 Å². The highest BCUT2D eigenvalue weighted by atomic mass is 79.9. The lowest BCUT2D eigenvalue weighted by Crippen LogP contribution is -2.40. The van der Waals surface area contributed by atoms with E-state index >= 15 is 0 Å². The molecule has 0 spiro atoms. The first-order valence-corrected chi connectivity index (χ1v) is 7.18. The summed E-state index contributed by atoms with van der Waals surface area (Å²) in [7, 11) is 0. The number of carbonyl (C=O) groups is 2. The number of hydrogen-bond acceptors (Lipinski definition) is 4. The number of nitrogens with one attached hydrogen (secondary N) is 1. The minimum absolute atomic E-state index is 0.202. The lowest BCUT2D eigenvalue weighted by molar-refractivity contribution is -0.154. The number of halogens is 1. The van der Waals surface area contributed by atoms with Crippen LogP contribution in [0.1, 0.15) is 25.6 Å². The van der Waals surface area contributed by atoms with Gasteiger partial charge in [0.25, 0.3) is 0 Å². The molecule has 1 aromatic rings. The SMILES string of the molecule is CCOC(=O)C(=O)NCC(C)(C)c1ccc(Br)s1. The van der Waals surface area contributed by atoms with E-state index < -0.39 is 11.9 Å². The first-order chi connectivity index (χ1) is 8.36. The van der Waals surface area contributed by atoms with Crippen LogP contribution in [0.25, 0.3) is 0 Å². The van der Waals surface area contributed by atoms with Crippen molar-refractivity contribution in [3.63, 3.8) is 0 Å². The fourth-order valence-corrected chi connectivity index (χ4v) is 2.82. The molecule has 0 fully saturated rings. The van der Waals surface area contributed by atoms with E-state index in [1.807, 2.05) is 26.0 Å². The van der Waals surface area contributed by atoms with E-state index in [2.05, 4.69) is 26.0 Å². The Labute approximate surface area is 119 Å². The van der Waals surface area contributed by atoms with Gasteiger partial charge in [-0.2, -0.15) is 0 Å². The van der Waals surface area contributed by atoms with Crippen LogP contribution < -0.4 is 5.32 Å². The summed E-state index contributed by atoms with van der Waals surface area (Å²) in [4.78, 5) is 23.7. The lowest BCUT2D eigenvalue weighted by atomic mass is 9.91. The fourth-order valence-electron chi connectivity index (χ4n) is 1.34. The minimum Gasteiger partial charge on any atom is -0.459 e. The quantitative estimate of drug-likeness (QED) is 0.680. The average Bonchev–Trinajstić information content (AvgIpc) is 2.74. The highest BCUT2D eigenvalue weighted by Crippen LogP contribution is 2.32. The van der Waals surface area contributed by atoms with Gasteiger partial charge in [0.1, 0.15) is 0 Å². The molecule has 6 heteroatoms. The Morgan fingerprint density at radius 3 is 2.61 bits per heavy atom. The topological polar surface area (TPSA) is 55.4 Å². The van der Waals surface area contributed by atoms with Crippen LogP contribution >= 0.6 is 27.3 Å². The van der Waals surface area contributed by atoms with Crippen molar-refractivity contribution >= 4 is 39.1 Å². The summed E-state index contributed by atoms with van der Waals surface area (Å²) in [6.07, 6.45) is 0. The molecule has 0 atom stereocenters. The first kappa shape index (κ1) is 15.2. The van der Waals surface area contributed by atoms with Gasteiger partial charge in [0, 0.05) is 16.8 Å². The van der Waals surface area contributed by atoms with Crippen LogP contribution in [0.5, 0.6) is 0 Å². The van der Waals surface area contributed by atoms with Gasteiger partial charge in [-0.05, 0) is 35.0 Å². The van der Waals surface area contributed by atoms with Crippen molar-refractivity contribution in [1.82, 2.24) is 5.32 Å². The van der Waals surface area contributed by atoms with Crippen molar-refractivity contribution in [2.45, 2.75) is 26.2 Å². The molecule has 0 saturated heterocycles. The maximum atomic E-state index is 11.4. The Kier molecular flexibility index (Phi) is 5.34. The molecular weight excluding hydrogens is 318 g/mol. The van der Waals surface area contributed by atoms with Crippen molar-refractivity contribution in [2.24, 2.45) is 0 Å². The maximum Gasteiger partial charge on any atom is 0.396 e. The lowest BCUT2D eigenvalue weighted by Gasteiger charge is -2.23. The zero-order valence-electron chi connectivity index (χ0n) is 10.6. The molecular formula is C12H16BrNO3S. The molecule has 0 aliphatic heterocycles. The Hall–Kier alpha value is -0.880. The molecule has 0 radical (unpaired) electrons. The largest absolute Gasteiger partial charge is 0.459 e. The molecule has 1 N–H and O–H groups in total. The monoisotopic (exact) mass is 333 g/mol. The van der Waals surface area contributed by atoms with Crippen LogP contribution in [0.3, 0.4) is 0 Å². The van der Waals surface area contributed by atoms with Crippen LogP contribution in [0.4, 0.5) is 0 Å². The van der Waals surface area contributed by atoms with Gasteiger partial charge in [-0.3, -0.25) is 4.79 Å². The Balaban J connectivity index is 2.57. The molecule has 1 amide bonds. The number of carbonyl (C=O) groups excluding carboxylic acids is 2. The summed E-state index contributed by atoms with van der Waals surface area (Å²) >= 11 is 5.02. The number of ether oxygens (including phenoxy) is 1. The van der Waals surface area contributed by atoms with E-state index in [-0.39, 0.29) is 12.0 Å². The predicted molar refractivity (Wildman–Crippen MR) is 74.7 cm³/mol. The number of amides is 1. The van der Waals surface area contributed by atoms with E-state index in [1.165, 1.54) is 0 Å². The van der Waals surface area contributed by atoms with E-state index in [9.17, 15) is 9.59 Å². The van der Waals surface area contributed by atoms with Crippen molar-refractivity contribution in [3.8, 4) is 0 Å². The number of rotatable bonds is 4. The average molecular weight is 334 g/mol. The van der Waals surface area contributed by atoms with Crippen molar-refractivity contribution < 1.29 is 14.3 Å². The van der Waals surface area contributed by atoms with Gasteiger partial charge in [-0.15, -0.1) is 11.3 Å². The molecule has 1 rings (SSSR count). The molecule has 0 aliphatic carbocycles. The normalized spacial score (nSPS) is 11.1. The van der Waals surface area contributed by atoms with Gasteiger partial charge in [-0.1, -0.05) is 13.8 Å². The third-order valence-electron chi connectivity index (χ3n) is 2.39. The number of hydrogen-bond donors (Lipinski definition) is 1. The Morgan fingerprint density at radius 2 is 2.11 bits per heavy atom. The van der Waals surface area contributed by atoms with Gasteiger partial charge < -0.3 is 10.1 Å². The molecule has 18 heavy (non-hydrogen) atoms. The number of esters is 1. The standard InChI is InChI=1S/C12H16BrNO3S/c1-4-17-11(16)10(15)14-7-12(2,3)8-5-6-9(13)18-8/h5-6H,4,7H2,1-3H3,(H,14,15). The molecule has 1 heterocycles. The molecule has 0 unspecified atom stereocenters. The zero-order chi connectivity index (χ0) is 13.8. The van der Waals surface area contributed by atoms with Gasteiger partial charge >= 0.3 is 11.9 Å². The summed E-state index contributed by atoms with van der Waals surface area (Å²) in [6.45, 7) is 6.27. The molecule has 0 aliphatic rings.